The van der Waals surface area contributed by atoms with Gasteiger partial charge >= 0.3 is 11.9 Å². The van der Waals surface area contributed by atoms with Crippen LogP contribution in [0.5, 0.6) is 0 Å². The lowest BCUT2D eigenvalue weighted by atomic mass is 10.2. The highest BCUT2D eigenvalue weighted by Crippen LogP contribution is 2.29. The van der Waals surface area contributed by atoms with Gasteiger partial charge in [0.25, 0.3) is 5.91 Å². The lowest BCUT2D eigenvalue weighted by molar-refractivity contribution is -0.159. The second kappa shape index (κ2) is 10.9. The summed E-state index contributed by atoms with van der Waals surface area (Å²) in [6, 6.07) is 9.94. The smallest absolute Gasteiger partial charge is 0.414 e. The van der Waals surface area contributed by atoms with Crippen LogP contribution in [0.4, 0.5) is 14.5 Å². The predicted octanol–water partition coefficient (Wildman–Crippen LogP) is 0.759. The van der Waals surface area contributed by atoms with Crippen molar-refractivity contribution in [1.82, 2.24) is 9.21 Å². The van der Waals surface area contributed by atoms with Crippen LogP contribution in [0.3, 0.4) is 0 Å². The number of carbonyl (C=O) groups excluding carboxylic acids is 2. The van der Waals surface area contributed by atoms with Gasteiger partial charge in [-0.15, -0.1) is 0 Å². The van der Waals surface area contributed by atoms with Gasteiger partial charge in [-0.2, -0.15) is 4.31 Å². The normalized spacial score (nSPS) is 19.1. The maximum Gasteiger partial charge on any atom is 0.414 e. The number of carboxylic acid groups (broad SMARTS) is 2. The van der Waals surface area contributed by atoms with Gasteiger partial charge < -0.3 is 10.2 Å². The minimum Gasteiger partial charge on any atom is -0.473 e. The Morgan fingerprint density at radius 1 is 0.889 bits per heavy atom. The SMILES string of the molecule is O=C(O)C(=O)O.O=C1CC(N2CCN(S(=O)(=O)c3ccccc3)CC2)C(=O)N1c1ccc(F)cc1F. The van der Waals surface area contributed by atoms with Crippen LogP contribution in [-0.4, -0.2) is 83.8 Å². The van der Waals surface area contributed by atoms with Gasteiger partial charge in [0.1, 0.15) is 11.6 Å². The van der Waals surface area contributed by atoms with Crippen molar-refractivity contribution in [2.24, 2.45) is 0 Å². The lowest BCUT2D eigenvalue weighted by Gasteiger charge is -2.36. The van der Waals surface area contributed by atoms with E-state index < -0.39 is 51.5 Å². The van der Waals surface area contributed by atoms with Gasteiger partial charge in [-0.3, -0.25) is 14.5 Å². The Morgan fingerprint density at radius 2 is 1.47 bits per heavy atom. The number of nitrogens with zero attached hydrogens (tertiary/aromatic N) is 3. The Bertz CT molecular complexity index is 1270. The fourth-order valence-electron chi connectivity index (χ4n) is 3.81. The first-order valence-electron chi connectivity index (χ1n) is 10.5. The van der Waals surface area contributed by atoms with Gasteiger partial charge in [0.2, 0.25) is 15.9 Å². The highest BCUT2D eigenvalue weighted by Gasteiger charge is 2.45. The molecule has 2 heterocycles. The maximum atomic E-state index is 14.1. The van der Waals surface area contributed by atoms with E-state index in [0.717, 1.165) is 17.0 Å². The van der Waals surface area contributed by atoms with Crippen LogP contribution >= 0.6 is 0 Å². The van der Waals surface area contributed by atoms with Crippen molar-refractivity contribution in [2.75, 3.05) is 31.1 Å². The van der Waals surface area contributed by atoms with E-state index in [2.05, 4.69) is 0 Å². The largest absolute Gasteiger partial charge is 0.473 e. The summed E-state index contributed by atoms with van der Waals surface area (Å²) in [5, 5.41) is 14.8. The van der Waals surface area contributed by atoms with Crippen molar-refractivity contribution >= 4 is 39.5 Å². The second-order valence-electron chi connectivity index (χ2n) is 7.75. The number of carboxylic acids is 2. The van der Waals surface area contributed by atoms with Crippen LogP contribution in [0.1, 0.15) is 6.42 Å². The van der Waals surface area contributed by atoms with Crippen LogP contribution in [0.2, 0.25) is 0 Å². The highest BCUT2D eigenvalue weighted by atomic mass is 32.2. The molecule has 0 aliphatic carbocycles. The van der Waals surface area contributed by atoms with Gasteiger partial charge in [-0.25, -0.2) is 31.7 Å². The monoisotopic (exact) mass is 525 g/mol. The molecule has 36 heavy (non-hydrogen) atoms. The summed E-state index contributed by atoms with van der Waals surface area (Å²) in [7, 11) is -3.64. The molecule has 14 heteroatoms. The first-order valence-corrected chi connectivity index (χ1v) is 11.9. The number of anilines is 1. The molecule has 192 valence electrons. The van der Waals surface area contributed by atoms with Crippen molar-refractivity contribution in [3.8, 4) is 0 Å². The van der Waals surface area contributed by atoms with E-state index in [1.165, 1.54) is 16.4 Å². The number of aliphatic carboxylic acids is 2. The van der Waals surface area contributed by atoms with E-state index in [9.17, 15) is 26.8 Å². The molecule has 0 spiro atoms. The number of amides is 2. The molecular formula is C22H21F2N3O8S. The van der Waals surface area contributed by atoms with Crippen molar-refractivity contribution in [2.45, 2.75) is 17.4 Å². The van der Waals surface area contributed by atoms with Crippen LogP contribution in [0.15, 0.2) is 53.4 Å². The minimum absolute atomic E-state index is 0.138. The Balaban J connectivity index is 0.000000538. The number of hydrogen-bond donors (Lipinski definition) is 2. The zero-order chi connectivity index (χ0) is 26.6. The highest BCUT2D eigenvalue weighted by molar-refractivity contribution is 7.89. The summed E-state index contributed by atoms with van der Waals surface area (Å²) in [4.78, 5) is 46.1. The number of rotatable bonds is 4. The standard InChI is InChI=1S/C20H19F2N3O4S.C2H2O4/c21-14-6-7-17(16(22)12-14)25-19(26)13-18(20(25)27)23-8-10-24(11-9-23)30(28,29)15-4-2-1-3-5-15;3-1(4)2(5)6/h1-7,12,18H,8-11,13H2;(H,3,4)(H,5,6). The maximum absolute atomic E-state index is 14.1. The summed E-state index contributed by atoms with van der Waals surface area (Å²) >= 11 is 0. The topological polar surface area (TPSA) is 153 Å². The van der Waals surface area contributed by atoms with Crippen LogP contribution in [0, 0.1) is 11.6 Å². The van der Waals surface area contributed by atoms with Crippen molar-refractivity contribution in [3.05, 3.63) is 60.2 Å². The second-order valence-corrected chi connectivity index (χ2v) is 9.68. The minimum atomic E-state index is -3.64. The summed E-state index contributed by atoms with van der Waals surface area (Å²) in [5.41, 5.74) is -0.279. The van der Waals surface area contributed by atoms with Gasteiger partial charge in [0, 0.05) is 32.2 Å². The molecule has 0 radical (unpaired) electrons. The van der Waals surface area contributed by atoms with Gasteiger partial charge in [0.05, 0.1) is 23.0 Å². The number of carbonyl (C=O) groups is 4. The molecule has 4 rings (SSSR count). The number of halogens is 2. The molecule has 1 unspecified atom stereocenters. The Kier molecular flexibility index (Phi) is 8.12. The Hall–Kier alpha value is -3.75. The average molecular weight is 525 g/mol. The molecule has 11 nitrogen and oxygen atoms in total. The van der Waals surface area contributed by atoms with Crippen molar-refractivity contribution in [1.29, 1.82) is 0 Å². The first-order chi connectivity index (χ1) is 16.9. The van der Waals surface area contributed by atoms with Crippen LogP contribution in [-0.2, 0) is 29.2 Å². The molecule has 0 aromatic heterocycles. The summed E-state index contributed by atoms with van der Waals surface area (Å²) < 4.78 is 54.1. The fraction of sp³-hybridized carbons (Fsp3) is 0.273. The predicted molar refractivity (Wildman–Crippen MR) is 119 cm³/mol. The van der Waals surface area contributed by atoms with Crippen molar-refractivity contribution in [3.63, 3.8) is 0 Å². The van der Waals surface area contributed by atoms with Gasteiger partial charge in [-0.05, 0) is 24.3 Å². The molecule has 2 aromatic rings. The van der Waals surface area contributed by atoms with Crippen LogP contribution in [0.25, 0.3) is 0 Å². The summed E-state index contributed by atoms with van der Waals surface area (Å²) in [6.45, 7) is 0.852. The Morgan fingerprint density at radius 3 is 2.00 bits per heavy atom. The molecule has 2 aromatic carbocycles. The fourth-order valence-corrected chi connectivity index (χ4v) is 5.26. The molecule has 2 N–H and O–H groups in total. The molecule has 2 saturated heterocycles. The first kappa shape index (κ1) is 26.8. The summed E-state index contributed by atoms with van der Waals surface area (Å²) in [5.74, 6) is -6.61. The number of imide groups is 1. The zero-order valence-corrected chi connectivity index (χ0v) is 19.4. The van der Waals surface area contributed by atoms with E-state index in [1.54, 1.807) is 23.1 Å². The molecule has 2 aliphatic rings. The van der Waals surface area contributed by atoms with E-state index in [0.29, 0.717) is 6.07 Å². The average Bonchev–Trinajstić information content (AvgIpc) is 3.14. The molecule has 0 saturated carbocycles. The molecule has 2 aliphatic heterocycles. The summed E-state index contributed by atoms with van der Waals surface area (Å²) in [6.07, 6.45) is -0.138. The van der Waals surface area contributed by atoms with Gasteiger partial charge in [0.15, 0.2) is 0 Å². The third kappa shape index (κ3) is 5.72. The van der Waals surface area contributed by atoms with Gasteiger partial charge in [-0.1, -0.05) is 18.2 Å². The number of piperazine rings is 1. The third-order valence-electron chi connectivity index (χ3n) is 5.55. The number of sulfonamides is 1. The number of hydrogen-bond acceptors (Lipinski definition) is 7. The third-order valence-corrected chi connectivity index (χ3v) is 7.46. The quantitative estimate of drug-likeness (QED) is 0.435. The van der Waals surface area contributed by atoms with E-state index in [-0.39, 0.29) is 43.2 Å². The lowest BCUT2D eigenvalue weighted by Crippen LogP contribution is -2.53. The van der Waals surface area contributed by atoms with E-state index in [4.69, 9.17) is 19.8 Å². The molecule has 1 atom stereocenters. The molecular weight excluding hydrogens is 504 g/mol. The molecule has 2 amide bonds. The Labute approximate surface area is 204 Å². The molecule has 0 bridgehead atoms. The number of benzene rings is 2. The zero-order valence-electron chi connectivity index (χ0n) is 18.6. The molecule has 2 fully saturated rings. The van der Waals surface area contributed by atoms with E-state index in [1.807, 2.05) is 0 Å². The van der Waals surface area contributed by atoms with Crippen LogP contribution < -0.4 is 4.90 Å². The van der Waals surface area contributed by atoms with E-state index >= 15 is 0 Å². The van der Waals surface area contributed by atoms with Crippen molar-refractivity contribution < 1.29 is 46.6 Å².